The van der Waals surface area contributed by atoms with Gasteiger partial charge in [-0.25, -0.2) is 9.18 Å². The molecule has 2 aliphatic rings. The topological polar surface area (TPSA) is 88.6 Å². The van der Waals surface area contributed by atoms with Crippen molar-refractivity contribution in [1.82, 2.24) is 14.7 Å². The lowest BCUT2D eigenvalue weighted by atomic mass is 9.78. The minimum absolute atomic E-state index is 0.247. The number of amides is 3. The Labute approximate surface area is 209 Å². The second kappa shape index (κ2) is 10.4. The minimum Gasteiger partial charge on any atom is -0.493 e. The van der Waals surface area contributed by atoms with Crippen LogP contribution < -0.4 is 9.47 Å². The summed E-state index contributed by atoms with van der Waals surface area (Å²) in [5, 5.41) is 0. The Morgan fingerprint density at radius 1 is 0.972 bits per heavy atom. The number of halogens is 1. The summed E-state index contributed by atoms with van der Waals surface area (Å²) in [6.45, 7) is 3.22. The van der Waals surface area contributed by atoms with E-state index < -0.39 is 23.9 Å². The number of carbonyl (C=O) groups excluding carboxylic acids is 3. The number of fused-ring (bicyclic) bond motifs is 1. The summed E-state index contributed by atoms with van der Waals surface area (Å²) in [6.07, 6.45) is -0.418. The van der Waals surface area contributed by atoms with Crippen molar-refractivity contribution in [1.29, 1.82) is 0 Å². The predicted octanol–water partition coefficient (Wildman–Crippen LogP) is 3.05. The van der Waals surface area contributed by atoms with Crippen molar-refractivity contribution in [3.05, 3.63) is 58.9 Å². The Kier molecular flexibility index (Phi) is 7.32. The van der Waals surface area contributed by atoms with Crippen LogP contribution in [0.2, 0.25) is 0 Å². The first kappa shape index (κ1) is 25.3. The van der Waals surface area contributed by atoms with Gasteiger partial charge in [0.1, 0.15) is 5.82 Å². The molecule has 0 unspecified atom stereocenters. The molecule has 4 rings (SSSR count). The first-order valence-electron chi connectivity index (χ1n) is 11.8. The number of benzene rings is 2. The molecular formula is C26H30FN3O6. The Morgan fingerprint density at radius 3 is 2.19 bits per heavy atom. The molecule has 36 heavy (non-hydrogen) atoms. The Bertz CT molecular complexity index is 1160. The van der Waals surface area contributed by atoms with E-state index in [1.807, 2.05) is 0 Å². The van der Waals surface area contributed by atoms with Crippen LogP contribution in [-0.4, -0.2) is 86.7 Å². The lowest BCUT2D eigenvalue weighted by Crippen LogP contribution is -2.54. The van der Waals surface area contributed by atoms with Crippen LogP contribution in [0.15, 0.2) is 36.4 Å². The maximum absolute atomic E-state index is 15.0. The van der Waals surface area contributed by atoms with Gasteiger partial charge in [0.2, 0.25) is 5.91 Å². The predicted molar refractivity (Wildman–Crippen MR) is 129 cm³/mol. The van der Waals surface area contributed by atoms with E-state index in [1.165, 1.54) is 25.2 Å². The average Bonchev–Trinajstić information content (AvgIpc) is 2.90. The van der Waals surface area contributed by atoms with Gasteiger partial charge in [0, 0.05) is 44.4 Å². The highest BCUT2D eigenvalue weighted by Gasteiger charge is 2.46. The van der Waals surface area contributed by atoms with E-state index in [9.17, 15) is 14.4 Å². The number of piperazine rings is 1. The maximum Gasteiger partial charge on any atom is 0.409 e. The minimum atomic E-state index is -0.895. The molecule has 2 atom stereocenters. The first-order valence-corrected chi connectivity index (χ1v) is 11.8. The van der Waals surface area contributed by atoms with Crippen LogP contribution in [0, 0.1) is 5.82 Å². The molecule has 0 spiro atoms. The molecule has 192 valence electrons. The van der Waals surface area contributed by atoms with Crippen LogP contribution in [0.4, 0.5) is 9.18 Å². The number of methoxy groups -OCH3 is 2. The number of carbonyl (C=O) groups is 3. The van der Waals surface area contributed by atoms with Gasteiger partial charge in [-0.3, -0.25) is 9.59 Å². The normalized spacial score (nSPS) is 19.6. The van der Waals surface area contributed by atoms with Crippen LogP contribution in [0.5, 0.6) is 11.5 Å². The van der Waals surface area contributed by atoms with Crippen LogP contribution in [0.25, 0.3) is 0 Å². The molecule has 0 aliphatic carbocycles. The highest BCUT2D eigenvalue weighted by atomic mass is 19.1. The monoisotopic (exact) mass is 499 g/mol. The van der Waals surface area contributed by atoms with Crippen LogP contribution in [-0.2, 0) is 9.53 Å². The van der Waals surface area contributed by atoms with E-state index in [0.717, 1.165) is 0 Å². The van der Waals surface area contributed by atoms with Crippen molar-refractivity contribution in [3.63, 3.8) is 0 Å². The third kappa shape index (κ3) is 4.43. The smallest absolute Gasteiger partial charge is 0.409 e. The third-order valence-corrected chi connectivity index (χ3v) is 6.78. The second-order valence-electron chi connectivity index (χ2n) is 8.67. The van der Waals surface area contributed by atoms with E-state index in [2.05, 4.69) is 0 Å². The molecule has 1 fully saturated rings. The summed E-state index contributed by atoms with van der Waals surface area (Å²) >= 11 is 0. The molecule has 1 saturated heterocycles. The highest BCUT2D eigenvalue weighted by molar-refractivity contribution is 6.02. The average molecular weight is 500 g/mol. The van der Waals surface area contributed by atoms with Gasteiger partial charge in [-0.15, -0.1) is 0 Å². The van der Waals surface area contributed by atoms with Crippen molar-refractivity contribution in [2.75, 3.05) is 54.1 Å². The van der Waals surface area contributed by atoms with Crippen molar-refractivity contribution in [2.24, 2.45) is 0 Å². The summed E-state index contributed by atoms with van der Waals surface area (Å²) in [4.78, 5) is 44.2. The molecule has 0 saturated carbocycles. The fraction of sp³-hybridized carbons (Fsp3) is 0.423. The second-order valence-corrected chi connectivity index (χ2v) is 8.67. The summed E-state index contributed by atoms with van der Waals surface area (Å²) in [7, 11) is 4.51. The van der Waals surface area contributed by atoms with Crippen LogP contribution in [0.1, 0.15) is 40.4 Å². The van der Waals surface area contributed by atoms with Gasteiger partial charge in [-0.2, -0.15) is 0 Å². The lowest BCUT2D eigenvalue weighted by molar-refractivity contribution is -0.136. The number of ether oxygens (including phenoxy) is 3. The Morgan fingerprint density at radius 2 is 1.58 bits per heavy atom. The fourth-order valence-corrected chi connectivity index (χ4v) is 4.94. The zero-order valence-electron chi connectivity index (χ0n) is 20.8. The molecule has 2 aliphatic heterocycles. The van der Waals surface area contributed by atoms with Gasteiger partial charge < -0.3 is 28.9 Å². The Hall–Kier alpha value is -3.82. The Balaban J connectivity index is 1.77. The van der Waals surface area contributed by atoms with Gasteiger partial charge in [0.25, 0.3) is 5.91 Å². The molecular weight excluding hydrogens is 469 g/mol. The van der Waals surface area contributed by atoms with Gasteiger partial charge >= 0.3 is 6.09 Å². The largest absolute Gasteiger partial charge is 0.493 e. The molecule has 2 aromatic rings. The highest BCUT2D eigenvalue weighted by Crippen LogP contribution is 2.46. The molecule has 10 heteroatoms. The van der Waals surface area contributed by atoms with E-state index in [4.69, 9.17) is 14.2 Å². The molecule has 0 radical (unpaired) electrons. The van der Waals surface area contributed by atoms with E-state index in [-0.39, 0.29) is 24.0 Å². The van der Waals surface area contributed by atoms with Crippen molar-refractivity contribution >= 4 is 17.9 Å². The lowest BCUT2D eigenvalue weighted by Gasteiger charge is -2.43. The molecule has 2 heterocycles. The molecule has 0 aromatic heterocycles. The van der Waals surface area contributed by atoms with Gasteiger partial charge in [-0.1, -0.05) is 18.2 Å². The number of hydrogen-bond acceptors (Lipinski definition) is 6. The molecule has 0 N–H and O–H groups in total. The van der Waals surface area contributed by atoms with E-state index >= 15 is 4.39 Å². The number of rotatable bonds is 5. The van der Waals surface area contributed by atoms with Crippen LogP contribution in [0.3, 0.4) is 0 Å². The number of nitrogens with zero attached hydrogens (tertiary/aromatic N) is 3. The van der Waals surface area contributed by atoms with Crippen molar-refractivity contribution < 1.29 is 33.0 Å². The zero-order valence-corrected chi connectivity index (χ0v) is 20.8. The maximum atomic E-state index is 15.0. The van der Waals surface area contributed by atoms with Gasteiger partial charge in [0.15, 0.2) is 11.5 Å². The summed E-state index contributed by atoms with van der Waals surface area (Å²) < 4.78 is 31.0. The summed E-state index contributed by atoms with van der Waals surface area (Å²) in [5.74, 6) is -1.29. The van der Waals surface area contributed by atoms with Crippen molar-refractivity contribution in [2.45, 2.75) is 18.9 Å². The third-order valence-electron chi connectivity index (χ3n) is 6.78. The molecule has 2 aromatic carbocycles. The van der Waals surface area contributed by atoms with Gasteiger partial charge in [0.05, 0.1) is 32.8 Å². The van der Waals surface area contributed by atoms with Crippen molar-refractivity contribution in [3.8, 4) is 11.5 Å². The van der Waals surface area contributed by atoms with Crippen LogP contribution >= 0.6 is 0 Å². The molecule has 3 amide bonds. The zero-order chi connectivity index (χ0) is 26.0. The molecule has 0 bridgehead atoms. The summed E-state index contributed by atoms with van der Waals surface area (Å²) in [5.41, 5.74) is 0.991. The first-order chi connectivity index (χ1) is 17.3. The number of likely N-dealkylation sites (N-methyl/N-ethyl adjacent to an activating group) is 1. The fourth-order valence-electron chi connectivity index (χ4n) is 4.94. The SMILES string of the molecule is CCOC(=O)N1CCN(C(=O)[C@@H]2c3cc(OC)c(OC)cc3C(=O)N(C)[C@H]2c2ccccc2F)CC1. The van der Waals surface area contributed by atoms with E-state index in [0.29, 0.717) is 48.8 Å². The molecule has 9 nitrogen and oxygen atoms in total. The standard InChI is InChI=1S/C26H30FN3O6/c1-5-36-26(33)30-12-10-29(11-13-30)25(32)22-17-14-20(34-3)21(35-4)15-18(17)24(31)28(2)23(22)16-8-6-7-9-19(16)27/h6-9,14-15,22-23H,5,10-13H2,1-4H3/t22-,23+/m1/s1. The van der Waals surface area contributed by atoms with Gasteiger partial charge in [-0.05, 0) is 30.7 Å². The number of hydrogen-bond donors (Lipinski definition) is 0. The quantitative estimate of drug-likeness (QED) is 0.629. The van der Waals surface area contributed by atoms with E-state index in [1.54, 1.807) is 54.1 Å². The summed E-state index contributed by atoms with van der Waals surface area (Å²) in [6, 6.07) is 8.47.